The van der Waals surface area contributed by atoms with Gasteiger partial charge in [-0.3, -0.25) is 4.55 Å². The van der Waals surface area contributed by atoms with Crippen LogP contribution in [0.5, 0.6) is 11.5 Å². The van der Waals surface area contributed by atoms with E-state index in [9.17, 15) is 8.42 Å². The summed E-state index contributed by atoms with van der Waals surface area (Å²) in [5, 5.41) is 0. The number of hydrogen-bond acceptors (Lipinski definition) is 4. The van der Waals surface area contributed by atoms with E-state index in [2.05, 4.69) is 6.92 Å². The summed E-state index contributed by atoms with van der Waals surface area (Å²) in [6, 6.07) is 15.8. The van der Waals surface area contributed by atoms with Crippen molar-refractivity contribution in [1.82, 2.24) is 0 Å². The molecule has 0 saturated carbocycles. The van der Waals surface area contributed by atoms with Crippen LogP contribution in [0, 0.1) is 0 Å². The number of rotatable bonds is 15. The second kappa shape index (κ2) is 13.3. The van der Waals surface area contributed by atoms with Crippen LogP contribution in [0.25, 0.3) is 11.1 Å². The van der Waals surface area contributed by atoms with Gasteiger partial charge in [0.05, 0.1) is 24.5 Å². The molecule has 2 aromatic carbocycles. The second-order valence-electron chi connectivity index (χ2n) is 7.45. The molecule has 2 rings (SSSR count). The summed E-state index contributed by atoms with van der Waals surface area (Å²) in [6.07, 6.45) is 8.16. The van der Waals surface area contributed by atoms with Crippen molar-refractivity contribution in [2.45, 2.75) is 58.3 Å². The molecular formula is C24H34O5S. The van der Waals surface area contributed by atoms with Gasteiger partial charge in [0.25, 0.3) is 10.1 Å². The Labute approximate surface area is 181 Å². The maximum absolute atomic E-state index is 10.8. The van der Waals surface area contributed by atoms with Gasteiger partial charge in [0.2, 0.25) is 0 Å². The lowest BCUT2D eigenvalue weighted by Crippen LogP contribution is -2.07. The zero-order valence-corrected chi connectivity index (χ0v) is 18.7. The average Bonchev–Trinajstić information content (AvgIpc) is 2.73. The highest BCUT2D eigenvalue weighted by atomic mass is 32.2. The molecule has 30 heavy (non-hydrogen) atoms. The van der Waals surface area contributed by atoms with Gasteiger partial charge in [0, 0.05) is 0 Å². The first-order valence-electron chi connectivity index (χ1n) is 10.9. The van der Waals surface area contributed by atoms with E-state index in [1.165, 1.54) is 32.1 Å². The van der Waals surface area contributed by atoms with Crippen LogP contribution < -0.4 is 9.47 Å². The van der Waals surface area contributed by atoms with Gasteiger partial charge in [-0.2, -0.15) is 8.42 Å². The summed E-state index contributed by atoms with van der Waals surface area (Å²) in [5.74, 6) is 1.27. The van der Waals surface area contributed by atoms with Gasteiger partial charge in [0.1, 0.15) is 11.5 Å². The van der Waals surface area contributed by atoms with E-state index >= 15 is 0 Å². The highest BCUT2D eigenvalue weighted by molar-refractivity contribution is 7.85. The van der Waals surface area contributed by atoms with Gasteiger partial charge in [-0.1, -0.05) is 75.4 Å². The van der Waals surface area contributed by atoms with Crippen molar-refractivity contribution < 1.29 is 22.4 Å². The molecule has 0 aromatic heterocycles. The molecule has 0 saturated heterocycles. The highest BCUT2D eigenvalue weighted by Gasteiger charge is 2.13. The molecule has 0 heterocycles. The topological polar surface area (TPSA) is 72.8 Å². The van der Waals surface area contributed by atoms with Crippen molar-refractivity contribution in [3.63, 3.8) is 0 Å². The van der Waals surface area contributed by atoms with Crippen LogP contribution in [0.3, 0.4) is 0 Å². The van der Waals surface area contributed by atoms with E-state index in [0.29, 0.717) is 31.8 Å². The first-order valence-corrected chi connectivity index (χ1v) is 12.5. The first-order chi connectivity index (χ1) is 14.5. The Morgan fingerprint density at radius 3 is 1.90 bits per heavy atom. The van der Waals surface area contributed by atoms with E-state index in [-0.39, 0.29) is 5.75 Å². The third-order valence-electron chi connectivity index (χ3n) is 4.86. The lowest BCUT2D eigenvalue weighted by Gasteiger charge is -2.17. The van der Waals surface area contributed by atoms with Crippen LogP contribution >= 0.6 is 0 Å². The summed E-state index contributed by atoms with van der Waals surface area (Å²) in [4.78, 5) is 0. The van der Waals surface area contributed by atoms with Crippen LogP contribution in [0.1, 0.15) is 58.3 Å². The Balaban J connectivity index is 2.00. The lowest BCUT2D eigenvalue weighted by atomic mass is 10.0. The molecule has 0 amide bonds. The van der Waals surface area contributed by atoms with Gasteiger partial charge < -0.3 is 9.47 Å². The molecule has 0 radical (unpaired) electrons. The molecule has 2 aromatic rings. The molecule has 0 aliphatic rings. The third-order valence-corrected chi connectivity index (χ3v) is 5.66. The Kier molecular flexibility index (Phi) is 10.7. The van der Waals surface area contributed by atoms with Gasteiger partial charge >= 0.3 is 0 Å². The standard InChI is InChI=1S/C24H34O5S/c1-2-3-4-5-6-10-18-28-22-16-13-17-23(24(22)21-14-8-7-9-15-21)29-19-11-12-20-30(25,26)27/h7-9,13-17H,2-6,10-12,18-20H2,1H3,(H,25,26,27). The quantitative estimate of drug-likeness (QED) is 0.269. The minimum Gasteiger partial charge on any atom is -0.493 e. The summed E-state index contributed by atoms with van der Waals surface area (Å²) < 4.78 is 42.6. The Bertz CT molecular complexity index is 834. The number of unbranched alkanes of at least 4 members (excludes halogenated alkanes) is 6. The Morgan fingerprint density at radius 1 is 0.733 bits per heavy atom. The highest BCUT2D eigenvalue weighted by Crippen LogP contribution is 2.38. The predicted molar refractivity (Wildman–Crippen MR) is 122 cm³/mol. The molecule has 0 bridgehead atoms. The van der Waals surface area contributed by atoms with E-state index < -0.39 is 10.1 Å². The number of benzene rings is 2. The lowest BCUT2D eigenvalue weighted by molar-refractivity contribution is 0.294. The van der Waals surface area contributed by atoms with E-state index in [1.807, 2.05) is 48.5 Å². The summed E-state index contributed by atoms with van der Waals surface area (Å²) >= 11 is 0. The number of ether oxygens (including phenoxy) is 2. The SMILES string of the molecule is CCCCCCCCOc1cccc(OCCCCS(=O)(=O)O)c1-c1ccccc1. The van der Waals surface area contributed by atoms with Crippen molar-refractivity contribution in [2.24, 2.45) is 0 Å². The average molecular weight is 435 g/mol. The second-order valence-corrected chi connectivity index (χ2v) is 9.03. The van der Waals surface area contributed by atoms with E-state index in [1.54, 1.807) is 0 Å². The predicted octanol–water partition coefficient (Wildman–Crippen LogP) is 6.14. The fraction of sp³-hybridized carbons (Fsp3) is 0.500. The van der Waals surface area contributed by atoms with Gasteiger partial charge in [0.15, 0.2) is 0 Å². The van der Waals surface area contributed by atoms with Crippen LogP contribution in [-0.2, 0) is 10.1 Å². The normalized spacial score (nSPS) is 11.4. The molecule has 0 aliphatic carbocycles. The molecule has 6 heteroatoms. The van der Waals surface area contributed by atoms with Crippen molar-refractivity contribution in [1.29, 1.82) is 0 Å². The summed E-state index contributed by atoms with van der Waals surface area (Å²) in [6.45, 7) is 3.26. The molecular weight excluding hydrogens is 400 g/mol. The van der Waals surface area contributed by atoms with E-state index in [0.717, 1.165) is 23.3 Å². The largest absolute Gasteiger partial charge is 0.493 e. The van der Waals surface area contributed by atoms with E-state index in [4.69, 9.17) is 14.0 Å². The van der Waals surface area contributed by atoms with Crippen LogP contribution in [-0.4, -0.2) is 31.9 Å². The molecule has 0 fully saturated rings. The summed E-state index contributed by atoms with van der Waals surface area (Å²) in [7, 11) is -3.92. The zero-order valence-electron chi connectivity index (χ0n) is 17.9. The van der Waals surface area contributed by atoms with Crippen molar-refractivity contribution in [3.8, 4) is 22.6 Å². The molecule has 0 spiro atoms. The van der Waals surface area contributed by atoms with Crippen LogP contribution in [0.2, 0.25) is 0 Å². The van der Waals surface area contributed by atoms with Crippen molar-refractivity contribution >= 4 is 10.1 Å². The van der Waals surface area contributed by atoms with Gasteiger partial charge in [-0.05, 0) is 37.0 Å². The maximum Gasteiger partial charge on any atom is 0.264 e. The zero-order chi connectivity index (χ0) is 21.7. The first kappa shape index (κ1) is 24.2. The minimum absolute atomic E-state index is 0.247. The van der Waals surface area contributed by atoms with Crippen LogP contribution in [0.15, 0.2) is 48.5 Å². The fourth-order valence-corrected chi connectivity index (χ4v) is 3.84. The van der Waals surface area contributed by atoms with Gasteiger partial charge in [-0.25, -0.2) is 0 Å². The smallest absolute Gasteiger partial charge is 0.264 e. The molecule has 5 nitrogen and oxygen atoms in total. The Hall–Kier alpha value is -2.05. The van der Waals surface area contributed by atoms with Gasteiger partial charge in [-0.15, -0.1) is 0 Å². The molecule has 0 atom stereocenters. The summed E-state index contributed by atoms with van der Waals surface area (Å²) in [5.41, 5.74) is 1.93. The minimum atomic E-state index is -3.92. The Morgan fingerprint density at radius 2 is 1.30 bits per heavy atom. The van der Waals surface area contributed by atoms with Crippen molar-refractivity contribution in [3.05, 3.63) is 48.5 Å². The van der Waals surface area contributed by atoms with Crippen LogP contribution in [0.4, 0.5) is 0 Å². The number of hydrogen-bond donors (Lipinski definition) is 1. The maximum atomic E-state index is 10.8. The monoisotopic (exact) mass is 434 g/mol. The molecule has 1 N–H and O–H groups in total. The third kappa shape index (κ3) is 9.18. The fourth-order valence-electron chi connectivity index (χ4n) is 3.27. The molecule has 0 aliphatic heterocycles. The molecule has 0 unspecified atom stereocenters. The van der Waals surface area contributed by atoms with Crippen molar-refractivity contribution in [2.75, 3.05) is 19.0 Å². The molecule has 166 valence electrons.